The normalized spacial score (nSPS) is 17.0. The molecule has 1 fully saturated rings. The van der Waals surface area contributed by atoms with Crippen molar-refractivity contribution in [1.29, 1.82) is 0 Å². The number of hydrogen-bond donors (Lipinski definition) is 1. The molecule has 1 aliphatic rings. The molecule has 6 nitrogen and oxygen atoms in total. The number of sulfonamides is 1. The van der Waals surface area contributed by atoms with Gasteiger partial charge in [0.2, 0.25) is 15.9 Å². The predicted molar refractivity (Wildman–Crippen MR) is 99.1 cm³/mol. The molecule has 8 heteroatoms. The quantitative estimate of drug-likeness (QED) is 0.774. The third-order valence-corrected chi connectivity index (χ3v) is 6.55. The van der Waals surface area contributed by atoms with E-state index in [0.29, 0.717) is 43.9 Å². The molecule has 2 rings (SSSR count). The molecule has 1 N–H and O–H groups in total. The van der Waals surface area contributed by atoms with Crippen LogP contribution in [0.1, 0.15) is 19.3 Å². The summed E-state index contributed by atoms with van der Waals surface area (Å²) < 4.78 is 26.8. The van der Waals surface area contributed by atoms with Crippen molar-refractivity contribution in [2.45, 2.75) is 24.2 Å². The van der Waals surface area contributed by atoms with E-state index in [1.807, 2.05) is 19.0 Å². The van der Waals surface area contributed by atoms with E-state index in [2.05, 4.69) is 5.32 Å². The number of carbonyl (C=O) groups excluding carboxylic acids is 1. The van der Waals surface area contributed by atoms with E-state index in [1.54, 1.807) is 12.1 Å². The van der Waals surface area contributed by atoms with Crippen molar-refractivity contribution in [3.63, 3.8) is 0 Å². The van der Waals surface area contributed by atoms with Gasteiger partial charge < -0.3 is 10.2 Å². The molecule has 0 radical (unpaired) electrons. The zero-order valence-electron chi connectivity index (χ0n) is 14.7. The SMILES string of the molecule is CN(C)CCNC(=O)CC1CCN(S(=O)(=O)c2ccc(Cl)cc2)CC1. The molecule has 0 aliphatic carbocycles. The van der Waals surface area contributed by atoms with Crippen molar-refractivity contribution in [3.05, 3.63) is 29.3 Å². The Labute approximate surface area is 155 Å². The third-order valence-electron chi connectivity index (χ3n) is 4.38. The third kappa shape index (κ3) is 5.95. The second-order valence-corrected chi connectivity index (χ2v) is 9.03. The predicted octanol–water partition coefficient (Wildman–Crippen LogP) is 1.81. The van der Waals surface area contributed by atoms with Crippen molar-refractivity contribution in [2.75, 3.05) is 40.3 Å². The maximum Gasteiger partial charge on any atom is 0.243 e. The maximum atomic E-state index is 12.6. The van der Waals surface area contributed by atoms with Crippen LogP contribution in [0.2, 0.25) is 5.02 Å². The molecule has 0 aromatic heterocycles. The summed E-state index contributed by atoms with van der Waals surface area (Å²) in [5.74, 6) is 0.275. The van der Waals surface area contributed by atoms with Crippen LogP contribution in [0.4, 0.5) is 0 Å². The summed E-state index contributed by atoms with van der Waals surface area (Å²) >= 11 is 5.82. The van der Waals surface area contributed by atoms with Crippen molar-refractivity contribution < 1.29 is 13.2 Å². The first-order valence-corrected chi connectivity index (χ1v) is 10.3. The Kier molecular flexibility index (Phi) is 7.25. The molecule has 1 aliphatic heterocycles. The monoisotopic (exact) mass is 387 g/mol. The summed E-state index contributed by atoms with van der Waals surface area (Å²) in [6.07, 6.45) is 1.87. The lowest BCUT2D eigenvalue weighted by Gasteiger charge is -2.31. The van der Waals surface area contributed by atoms with Gasteiger partial charge >= 0.3 is 0 Å². The fourth-order valence-corrected chi connectivity index (χ4v) is 4.46. The van der Waals surface area contributed by atoms with Gasteiger partial charge in [-0.1, -0.05) is 11.6 Å². The first-order valence-electron chi connectivity index (χ1n) is 8.46. The number of nitrogens with one attached hydrogen (secondary N) is 1. The van der Waals surface area contributed by atoms with Crippen LogP contribution in [0.15, 0.2) is 29.2 Å². The number of halogens is 1. The number of hydrogen-bond acceptors (Lipinski definition) is 4. The standard InChI is InChI=1S/C17H26ClN3O3S/c1-20(2)12-9-19-17(22)13-14-7-10-21(11-8-14)25(23,24)16-5-3-15(18)4-6-16/h3-6,14H,7-13H2,1-2H3,(H,19,22). The zero-order chi connectivity index (χ0) is 18.4. The summed E-state index contributed by atoms with van der Waals surface area (Å²) in [5, 5.41) is 3.42. The smallest absolute Gasteiger partial charge is 0.243 e. The number of likely N-dealkylation sites (N-methyl/N-ethyl adjacent to an activating group) is 1. The van der Waals surface area contributed by atoms with E-state index < -0.39 is 10.0 Å². The van der Waals surface area contributed by atoms with Crippen molar-refractivity contribution >= 4 is 27.5 Å². The minimum absolute atomic E-state index is 0.0425. The highest BCUT2D eigenvalue weighted by atomic mass is 35.5. The van der Waals surface area contributed by atoms with Gasteiger partial charge in [0.05, 0.1) is 4.90 Å². The average Bonchev–Trinajstić information content (AvgIpc) is 2.55. The van der Waals surface area contributed by atoms with Gasteiger partial charge in [-0.3, -0.25) is 4.79 Å². The molecule has 0 spiro atoms. The molecule has 0 atom stereocenters. The molecule has 1 amide bonds. The fourth-order valence-electron chi connectivity index (χ4n) is 2.86. The zero-order valence-corrected chi connectivity index (χ0v) is 16.3. The van der Waals surface area contributed by atoms with Gasteiger partial charge in [-0.2, -0.15) is 4.31 Å². The van der Waals surface area contributed by atoms with Crippen LogP contribution >= 0.6 is 11.6 Å². The topological polar surface area (TPSA) is 69.7 Å². The Hall–Kier alpha value is -1.15. The minimum atomic E-state index is -3.49. The Morgan fingerprint density at radius 3 is 2.40 bits per heavy atom. The average molecular weight is 388 g/mol. The molecule has 1 heterocycles. The first-order chi connectivity index (χ1) is 11.8. The van der Waals surface area contributed by atoms with Gasteiger partial charge in [-0.25, -0.2) is 8.42 Å². The van der Waals surface area contributed by atoms with Crippen LogP contribution in [0.25, 0.3) is 0 Å². The summed E-state index contributed by atoms with van der Waals surface area (Å²) in [6, 6.07) is 6.22. The van der Waals surface area contributed by atoms with Crippen molar-refractivity contribution in [1.82, 2.24) is 14.5 Å². The molecule has 0 bridgehead atoms. The summed E-state index contributed by atoms with van der Waals surface area (Å²) in [7, 11) is 0.437. The second kappa shape index (κ2) is 8.98. The maximum absolute atomic E-state index is 12.6. The van der Waals surface area contributed by atoms with Gasteiger partial charge in [0.25, 0.3) is 0 Å². The van der Waals surface area contributed by atoms with Crippen molar-refractivity contribution in [3.8, 4) is 0 Å². The van der Waals surface area contributed by atoms with E-state index in [9.17, 15) is 13.2 Å². The van der Waals surface area contributed by atoms with Crippen LogP contribution in [0, 0.1) is 5.92 Å². The Balaban J connectivity index is 1.82. The lowest BCUT2D eigenvalue weighted by Crippen LogP contribution is -2.40. The molecular formula is C17H26ClN3O3S. The van der Waals surface area contributed by atoms with Crippen LogP contribution in [0.3, 0.4) is 0 Å². The van der Waals surface area contributed by atoms with E-state index in [4.69, 9.17) is 11.6 Å². The fraction of sp³-hybridized carbons (Fsp3) is 0.588. The number of amides is 1. The Bertz CT molecular complexity index is 669. The lowest BCUT2D eigenvalue weighted by molar-refractivity contribution is -0.122. The number of piperidine rings is 1. The van der Waals surface area contributed by atoms with E-state index in [0.717, 1.165) is 6.54 Å². The largest absolute Gasteiger partial charge is 0.355 e. The highest BCUT2D eigenvalue weighted by Gasteiger charge is 2.30. The van der Waals surface area contributed by atoms with Crippen LogP contribution in [-0.4, -0.2) is 63.8 Å². The molecule has 1 saturated heterocycles. The van der Waals surface area contributed by atoms with Crippen molar-refractivity contribution in [2.24, 2.45) is 5.92 Å². The Morgan fingerprint density at radius 2 is 1.84 bits per heavy atom. The van der Waals surface area contributed by atoms with Crippen LogP contribution in [0.5, 0.6) is 0 Å². The summed E-state index contributed by atoms with van der Waals surface area (Å²) in [4.78, 5) is 14.2. The van der Waals surface area contributed by atoms with Crippen LogP contribution in [-0.2, 0) is 14.8 Å². The molecule has 0 saturated carbocycles. The number of benzene rings is 1. The molecule has 1 aromatic rings. The van der Waals surface area contributed by atoms with E-state index >= 15 is 0 Å². The van der Waals surface area contributed by atoms with Gasteiger partial charge in [-0.15, -0.1) is 0 Å². The van der Waals surface area contributed by atoms with Crippen LogP contribution < -0.4 is 5.32 Å². The second-order valence-electron chi connectivity index (χ2n) is 6.66. The van der Waals surface area contributed by atoms with E-state index in [1.165, 1.54) is 16.4 Å². The molecular weight excluding hydrogens is 362 g/mol. The van der Waals surface area contributed by atoms with E-state index in [-0.39, 0.29) is 16.7 Å². The number of nitrogens with zero attached hydrogens (tertiary/aromatic N) is 2. The van der Waals surface area contributed by atoms with Gasteiger partial charge in [0.15, 0.2) is 0 Å². The highest BCUT2D eigenvalue weighted by Crippen LogP contribution is 2.26. The summed E-state index contributed by atoms with van der Waals surface area (Å²) in [6.45, 7) is 2.33. The number of rotatable bonds is 7. The van der Waals surface area contributed by atoms with Gasteiger partial charge in [0.1, 0.15) is 0 Å². The Morgan fingerprint density at radius 1 is 1.24 bits per heavy atom. The highest BCUT2D eigenvalue weighted by molar-refractivity contribution is 7.89. The number of carbonyl (C=O) groups is 1. The molecule has 25 heavy (non-hydrogen) atoms. The summed E-state index contributed by atoms with van der Waals surface area (Å²) in [5.41, 5.74) is 0. The lowest BCUT2D eigenvalue weighted by atomic mass is 9.94. The first kappa shape index (κ1) is 20.2. The molecule has 1 aromatic carbocycles. The van der Waals surface area contributed by atoms with Gasteiger partial charge in [-0.05, 0) is 57.1 Å². The molecule has 0 unspecified atom stereocenters. The van der Waals surface area contributed by atoms with Gasteiger partial charge in [0, 0.05) is 37.6 Å². The minimum Gasteiger partial charge on any atom is -0.355 e. The molecule has 140 valence electrons.